The van der Waals surface area contributed by atoms with Crippen LogP contribution in [0.2, 0.25) is 0 Å². The van der Waals surface area contributed by atoms with E-state index in [2.05, 4.69) is 0 Å². The standard InChI is InChI=1S/C12H13NO2S/c1-15-12(14)11-9(13)7-10(16-11)8-5-3-2-4-6-8/h2-6,10H,7,13H2,1H3/t10-/m0/s1. The van der Waals surface area contributed by atoms with Crippen LogP contribution in [0.15, 0.2) is 40.9 Å². The Kier molecular flexibility index (Phi) is 3.19. The molecule has 0 fully saturated rings. The summed E-state index contributed by atoms with van der Waals surface area (Å²) in [6, 6.07) is 10.0. The molecule has 0 aromatic heterocycles. The van der Waals surface area contributed by atoms with Crippen LogP contribution < -0.4 is 5.73 Å². The van der Waals surface area contributed by atoms with Crippen LogP contribution in [-0.2, 0) is 9.53 Å². The quantitative estimate of drug-likeness (QED) is 0.798. The lowest BCUT2D eigenvalue weighted by molar-refractivity contribution is -0.135. The van der Waals surface area contributed by atoms with Gasteiger partial charge in [0.2, 0.25) is 0 Å². The number of nitrogens with two attached hydrogens (primary N) is 1. The summed E-state index contributed by atoms with van der Waals surface area (Å²) in [5.74, 6) is -0.332. The lowest BCUT2D eigenvalue weighted by Gasteiger charge is -2.08. The molecule has 0 saturated carbocycles. The van der Waals surface area contributed by atoms with Gasteiger partial charge in [-0.15, -0.1) is 11.8 Å². The molecule has 0 spiro atoms. The Balaban J connectivity index is 2.15. The molecule has 0 unspecified atom stereocenters. The highest BCUT2D eigenvalue weighted by molar-refractivity contribution is 8.04. The van der Waals surface area contributed by atoms with Crippen molar-refractivity contribution in [2.24, 2.45) is 5.73 Å². The zero-order valence-corrected chi connectivity index (χ0v) is 9.79. The van der Waals surface area contributed by atoms with Crippen molar-refractivity contribution < 1.29 is 9.53 Å². The first-order valence-electron chi connectivity index (χ1n) is 5.01. The number of hydrogen-bond donors (Lipinski definition) is 1. The Morgan fingerprint density at radius 2 is 2.12 bits per heavy atom. The minimum atomic E-state index is -0.332. The summed E-state index contributed by atoms with van der Waals surface area (Å²) in [5, 5.41) is 0.232. The third-order valence-electron chi connectivity index (χ3n) is 2.50. The van der Waals surface area contributed by atoms with Gasteiger partial charge >= 0.3 is 5.97 Å². The molecule has 84 valence electrons. The van der Waals surface area contributed by atoms with Crippen LogP contribution in [0.1, 0.15) is 17.2 Å². The van der Waals surface area contributed by atoms with Crippen LogP contribution in [0.5, 0.6) is 0 Å². The number of carbonyl (C=O) groups is 1. The maximum Gasteiger partial charge on any atom is 0.346 e. The molecule has 0 radical (unpaired) electrons. The van der Waals surface area contributed by atoms with Crippen LogP contribution in [0.4, 0.5) is 0 Å². The number of methoxy groups -OCH3 is 1. The first-order valence-corrected chi connectivity index (χ1v) is 5.89. The predicted octanol–water partition coefficient (Wildman–Crippen LogP) is 2.21. The fourth-order valence-corrected chi connectivity index (χ4v) is 2.93. The van der Waals surface area contributed by atoms with E-state index in [9.17, 15) is 4.79 Å². The second-order valence-electron chi connectivity index (χ2n) is 3.57. The van der Waals surface area contributed by atoms with Crippen molar-refractivity contribution in [2.45, 2.75) is 11.7 Å². The zero-order valence-electron chi connectivity index (χ0n) is 8.97. The molecule has 1 aliphatic heterocycles. The highest BCUT2D eigenvalue weighted by atomic mass is 32.2. The summed E-state index contributed by atoms with van der Waals surface area (Å²) in [6.07, 6.45) is 0.707. The van der Waals surface area contributed by atoms with Crippen molar-refractivity contribution in [2.75, 3.05) is 7.11 Å². The van der Waals surface area contributed by atoms with Gasteiger partial charge in [-0.25, -0.2) is 4.79 Å². The molecule has 3 nitrogen and oxygen atoms in total. The minimum Gasteiger partial charge on any atom is -0.465 e. The third kappa shape index (κ3) is 2.07. The molecule has 1 aromatic rings. The van der Waals surface area contributed by atoms with Crippen LogP contribution >= 0.6 is 11.8 Å². The molecule has 2 rings (SSSR count). The molecule has 1 heterocycles. The van der Waals surface area contributed by atoms with E-state index in [1.807, 2.05) is 30.3 Å². The summed E-state index contributed by atoms with van der Waals surface area (Å²) >= 11 is 1.48. The van der Waals surface area contributed by atoms with E-state index in [-0.39, 0.29) is 11.2 Å². The fraction of sp³-hybridized carbons (Fsp3) is 0.250. The molecular weight excluding hydrogens is 222 g/mol. The van der Waals surface area contributed by atoms with E-state index in [0.29, 0.717) is 17.0 Å². The average Bonchev–Trinajstić information content (AvgIpc) is 2.71. The Hall–Kier alpha value is -1.42. The van der Waals surface area contributed by atoms with Crippen molar-refractivity contribution in [3.05, 3.63) is 46.5 Å². The topological polar surface area (TPSA) is 52.3 Å². The van der Waals surface area contributed by atoms with Gasteiger partial charge in [0.1, 0.15) is 4.91 Å². The van der Waals surface area contributed by atoms with Crippen molar-refractivity contribution in [1.29, 1.82) is 0 Å². The van der Waals surface area contributed by atoms with E-state index in [4.69, 9.17) is 10.5 Å². The number of thioether (sulfide) groups is 1. The van der Waals surface area contributed by atoms with Crippen LogP contribution in [0.3, 0.4) is 0 Å². The molecule has 0 amide bonds. The van der Waals surface area contributed by atoms with Crippen molar-refractivity contribution >= 4 is 17.7 Å². The molecule has 2 N–H and O–H groups in total. The van der Waals surface area contributed by atoms with Crippen molar-refractivity contribution in [1.82, 2.24) is 0 Å². The van der Waals surface area contributed by atoms with Gasteiger partial charge in [0, 0.05) is 17.4 Å². The third-order valence-corrected chi connectivity index (χ3v) is 3.89. The molecule has 1 aliphatic rings. The van der Waals surface area contributed by atoms with Gasteiger partial charge in [-0.1, -0.05) is 30.3 Å². The maximum absolute atomic E-state index is 11.4. The Labute approximate surface area is 98.7 Å². The number of rotatable bonds is 2. The molecule has 0 aliphatic carbocycles. The van der Waals surface area contributed by atoms with Gasteiger partial charge in [-0.2, -0.15) is 0 Å². The van der Waals surface area contributed by atoms with Crippen LogP contribution in [-0.4, -0.2) is 13.1 Å². The van der Waals surface area contributed by atoms with Gasteiger partial charge in [0.25, 0.3) is 0 Å². The van der Waals surface area contributed by atoms with Gasteiger partial charge < -0.3 is 10.5 Å². The highest BCUT2D eigenvalue weighted by Crippen LogP contribution is 2.46. The number of benzene rings is 1. The average molecular weight is 235 g/mol. The fourth-order valence-electron chi connectivity index (χ4n) is 1.68. The normalized spacial score (nSPS) is 19.9. The summed E-state index contributed by atoms with van der Waals surface area (Å²) in [4.78, 5) is 12.0. The van der Waals surface area contributed by atoms with Crippen molar-refractivity contribution in [3.8, 4) is 0 Å². The summed E-state index contributed by atoms with van der Waals surface area (Å²) < 4.78 is 4.69. The molecule has 4 heteroatoms. The van der Waals surface area contributed by atoms with E-state index in [1.54, 1.807) is 0 Å². The Bertz CT molecular complexity index is 428. The zero-order chi connectivity index (χ0) is 11.5. The summed E-state index contributed by atoms with van der Waals surface area (Å²) in [6.45, 7) is 0. The van der Waals surface area contributed by atoms with Crippen LogP contribution in [0.25, 0.3) is 0 Å². The van der Waals surface area contributed by atoms with E-state index >= 15 is 0 Å². The summed E-state index contributed by atoms with van der Waals surface area (Å²) in [5.41, 5.74) is 7.66. The maximum atomic E-state index is 11.4. The second kappa shape index (κ2) is 4.61. The molecule has 1 aromatic carbocycles. The number of allylic oxidation sites excluding steroid dienone is 1. The van der Waals surface area contributed by atoms with Gasteiger partial charge in [-0.3, -0.25) is 0 Å². The van der Waals surface area contributed by atoms with E-state index in [1.165, 1.54) is 24.4 Å². The molecule has 16 heavy (non-hydrogen) atoms. The van der Waals surface area contributed by atoms with Crippen molar-refractivity contribution in [3.63, 3.8) is 0 Å². The van der Waals surface area contributed by atoms with Gasteiger partial charge in [-0.05, 0) is 5.56 Å². The van der Waals surface area contributed by atoms with E-state index in [0.717, 1.165) is 0 Å². The van der Waals surface area contributed by atoms with E-state index < -0.39 is 0 Å². The largest absolute Gasteiger partial charge is 0.465 e. The number of ether oxygens (including phenoxy) is 1. The monoisotopic (exact) mass is 235 g/mol. The number of hydrogen-bond acceptors (Lipinski definition) is 4. The minimum absolute atomic E-state index is 0.232. The van der Waals surface area contributed by atoms with Gasteiger partial charge in [0.05, 0.1) is 7.11 Å². The molecule has 0 bridgehead atoms. The first-order chi connectivity index (χ1) is 7.72. The molecule has 1 atom stereocenters. The Morgan fingerprint density at radius 3 is 2.75 bits per heavy atom. The second-order valence-corrected chi connectivity index (χ2v) is 4.78. The molecular formula is C12H13NO2S. The van der Waals surface area contributed by atoms with Gasteiger partial charge in [0.15, 0.2) is 0 Å². The summed E-state index contributed by atoms with van der Waals surface area (Å²) in [7, 11) is 1.37. The first kappa shape index (κ1) is 11.1. The molecule has 0 saturated heterocycles. The number of esters is 1. The lowest BCUT2D eigenvalue weighted by Crippen LogP contribution is -2.06. The Morgan fingerprint density at radius 1 is 1.44 bits per heavy atom. The lowest BCUT2D eigenvalue weighted by atomic mass is 10.1. The number of carbonyl (C=O) groups excluding carboxylic acids is 1. The smallest absolute Gasteiger partial charge is 0.346 e. The van der Waals surface area contributed by atoms with Crippen LogP contribution in [0, 0.1) is 0 Å². The predicted molar refractivity (Wildman–Crippen MR) is 64.6 cm³/mol. The highest BCUT2D eigenvalue weighted by Gasteiger charge is 2.29. The SMILES string of the molecule is COC(=O)C1=C(N)C[C@@H](c2ccccc2)S1.